The fourth-order valence-corrected chi connectivity index (χ4v) is 2.77. The molecule has 1 aromatic heterocycles. The second kappa shape index (κ2) is 17.2. The van der Waals surface area contributed by atoms with Gasteiger partial charge in [-0.1, -0.05) is 82.1 Å². The van der Waals surface area contributed by atoms with Crippen LogP contribution >= 0.6 is 0 Å². The third-order valence-electron chi connectivity index (χ3n) is 4.86. The Hall–Kier alpha value is -2.48. The molecular weight excluding hydrogens is 376 g/mol. The van der Waals surface area contributed by atoms with Crippen molar-refractivity contribution in [2.24, 2.45) is 0 Å². The Labute approximate surface area is 192 Å². The first-order valence-corrected chi connectivity index (χ1v) is 11.8. The van der Waals surface area contributed by atoms with Gasteiger partial charge in [-0.05, 0) is 75.3 Å². The highest BCUT2D eigenvalue weighted by Gasteiger charge is 2.19. The molecule has 0 spiro atoms. The number of aromatic nitrogens is 1. The van der Waals surface area contributed by atoms with Crippen molar-refractivity contribution in [3.63, 3.8) is 0 Å². The maximum absolute atomic E-state index is 7.00. The number of nitrogens with zero attached hydrogens (tertiary/aromatic N) is 1. The van der Waals surface area contributed by atoms with E-state index in [1.807, 2.05) is 39.1 Å². The van der Waals surface area contributed by atoms with E-state index in [1.54, 1.807) is 0 Å². The minimum Gasteiger partial charge on any atom is -0.310 e. The Morgan fingerprint density at radius 2 is 1.55 bits per heavy atom. The van der Waals surface area contributed by atoms with Crippen molar-refractivity contribution in [2.75, 3.05) is 0 Å². The molecule has 0 saturated carbocycles. The van der Waals surface area contributed by atoms with Crippen LogP contribution in [0.2, 0.25) is 0 Å². The number of unbranched alkanes of at least 4 members (excludes halogenated alkanes) is 1. The summed E-state index contributed by atoms with van der Waals surface area (Å²) in [6, 6.07) is 16.8. The first-order valence-electron chi connectivity index (χ1n) is 11.8. The Balaban J connectivity index is 0.000000441. The van der Waals surface area contributed by atoms with Crippen molar-refractivity contribution in [2.45, 2.75) is 87.5 Å². The number of rotatable bonds is 4. The molecule has 2 aromatic rings. The molecular formula is C29H44N2. The van der Waals surface area contributed by atoms with Crippen LogP contribution in [0.3, 0.4) is 0 Å². The summed E-state index contributed by atoms with van der Waals surface area (Å²) in [5.41, 5.74) is 9.00. The molecule has 3 rings (SSSR count). The van der Waals surface area contributed by atoms with Crippen LogP contribution in [-0.2, 0) is 12.8 Å². The van der Waals surface area contributed by atoms with E-state index >= 15 is 0 Å². The van der Waals surface area contributed by atoms with Crippen LogP contribution in [0, 0.1) is 26.2 Å². The molecule has 170 valence electrons. The van der Waals surface area contributed by atoms with E-state index in [2.05, 4.69) is 76.0 Å². The molecule has 0 fully saturated rings. The van der Waals surface area contributed by atoms with Gasteiger partial charge in [0.05, 0.1) is 0 Å². The highest BCUT2D eigenvalue weighted by Crippen LogP contribution is 2.30. The van der Waals surface area contributed by atoms with Gasteiger partial charge in [-0.25, -0.2) is 0 Å². The zero-order valence-corrected chi connectivity index (χ0v) is 21.2. The van der Waals surface area contributed by atoms with Crippen molar-refractivity contribution in [1.29, 1.82) is 5.41 Å². The molecule has 0 amide bonds. The van der Waals surface area contributed by atoms with E-state index in [0.717, 1.165) is 30.7 Å². The van der Waals surface area contributed by atoms with Crippen LogP contribution in [-0.4, -0.2) is 10.7 Å². The van der Waals surface area contributed by atoms with Gasteiger partial charge in [0, 0.05) is 24.0 Å². The molecule has 2 heteroatoms. The van der Waals surface area contributed by atoms with E-state index in [1.165, 1.54) is 40.7 Å². The van der Waals surface area contributed by atoms with Crippen LogP contribution in [0.5, 0.6) is 0 Å². The van der Waals surface area contributed by atoms with Crippen LogP contribution in [0.25, 0.3) is 0 Å². The van der Waals surface area contributed by atoms with Crippen LogP contribution in [0.4, 0.5) is 0 Å². The van der Waals surface area contributed by atoms with Gasteiger partial charge in [0.15, 0.2) is 0 Å². The van der Waals surface area contributed by atoms with E-state index in [9.17, 15) is 0 Å². The monoisotopic (exact) mass is 420 g/mol. The molecule has 0 radical (unpaired) electrons. The second-order valence-electron chi connectivity index (χ2n) is 7.65. The van der Waals surface area contributed by atoms with Gasteiger partial charge >= 0.3 is 0 Å². The van der Waals surface area contributed by atoms with Gasteiger partial charge in [0.1, 0.15) is 0 Å². The predicted molar refractivity (Wildman–Crippen MR) is 139 cm³/mol. The van der Waals surface area contributed by atoms with Crippen LogP contribution in [0.15, 0.2) is 54.7 Å². The van der Waals surface area contributed by atoms with Crippen molar-refractivity contribution in [3.05, 3.63) is 88.2 Å². The van der Waals surface area contributed by atoms with Gasteiger partial charge in [-0.2, -0.15) is 0 Å². The van der Waals surface area contributed by atoms with Crippen molar-refractivity contribution in [3.8, 4) is 0 Å². The first kappa shape index (κ1) is 28.5. The SMILES string of the molecule is CC.CCCCC(C)=N.CCc1ccc(C)cc1.Cc1cccccnc(C)c2c1C2. The quantitative estimate of drug-likeness (QED) is 0.422. The average Bonchev–Trinajstić information content (AvgIpc) is 3.58. The maximum atomic E-state index is 7.00. The largest absolute Gasteiger partial charge is 0.310 e. The van der Waals surface area contributed by atoms with Crippen molar-refractivity contribution in [1.82, 2.24) is 4.98 Å². The summed E-state index contributed by atoms with van der Waals surface area (Å²) in [5, 5.41) is 7.00. The summed E-state index contributed by atoms with van der Waals surface area (Å²) < 4.78 is 0. The van der Waals surface area contributed by atoms with Crippen molar-refractivity contribution < 1.29 is 0 Å². The second-order valence-corrected chi connectivity index (χ2v) is 7.65. The fraction of sp³-hybridized carbons (Fsp3) is 0.448. The normalized spacial score (nSPS) is 9.81. The summed E-state index contributed by atoms with van der Waals surface area (Å²) in [6.07, 6.45) is 7.48. The number of aryl methyl sites for hydroxylation is 4. The predicted octanol–water partition coefficient (Wildman–Crippen LogP) is 8.53. The molecule has 31 heavy (non-hydrogen) atoms. The zero-order chi connectivity index (χ0) is 23.6. The summed E-state index contributed by atoms with van der Waals surface area (Å²) in [6.45, 7) is 16.5. The van der Waals surface area contributed by atoms with E-state index in [0.29, 0.717) is 0 Å². The van der Waals surface area contributed by atoms with E-state index in [4.69, 9.17) is 5.41 Å². The Kier molecular flexibility index (Phi) is 15.8. The Morgan fingerprint density at radius 1 is 0.903 bits per heavy atom. The molecule has 0 saturated heterocycles. The van der Waals surface area contributed by atoms with Gasteiger partial charge in [0.25, 0.3) is 0 Å². The molecule has 0 atom stereocenters. The highest BCUT2D eigenvalue weighted by atomic mass is 14.7. The fourth-order valence-electron chi connectivity index (χ4n) is 2.77. The third kappa shape index (κ3) is 13.4. The zero-order valence-electron chi connectivity index (χ0n) is 21.2. The molecule has 0 bridgehead atoms. The summed E-state index contributed by atoms with van der Waals surface area (Å²) in [5.74, 6) is 0. The number of benzene rings is 1. The lowest BCUT2D eigenvalue weighted by Crippen LogP contribution is -1.85. The van der Waals surface area contributed by atoms with E-state index in [-0.39, 0.29) is 0 Å². The standard InChI is InChI=1S/C12H13N.C9H12.C6H13N.C2H6/c1-9-6-4-3-5-7-13-10(2)12-8-11(9)12;1-3-9-6-4-8(2)5-7-9;1-3-4-5-6(2)7;1-2/h3-7H,8H2,1-2H3;4-7H,3H2,1-2H3;7H,3-5H2,1-2H3;1-2H3. The van der Waals surface area contributed by atoms with Gasteiger partial charge in [0.2, 0.25) is 0 Å². The summed E-state index contributed by atoms with van der Waals surface area (Å²) >= 11 is 0. The third-order valence-corrected chi connectivity index (χ3v) is 4.86. The van der Waals surface area contributed by atoms with Crippen LogP contribution in [0.1, 0.15) is 87.4 Å². The molecule has 0 aliphatic heterocycles. The summed E-state index contributed by atoms with van der Waals surface area (Å²) in [7, 11) is 0. The first-order chi connectivity index (χ1) is 14.9. The number of fused-ring (bicyclic) bond motifs is 1. The highest BCUT2D eigenvalue weighted by molar-refractivity contribution is 5.78. The van der Waals surface area contributed by atoms with Crippen molar-refractivity contribution >= 4 is 5.71 Å². The lowest BCUT2D eigenvalue weighted by molar-refractivity contribution is 0.830. The summed E-state index contributed by atoms with van der Waals surface area (Å²) in [4.78, 5) is 4.34. The lowest BCUT2D eigenvalue weighted by Gasteiger charge is -1.94. The average molecular weight is 421 g/mol. The molecule has 1 N–H and O–H groups in total. The molecule has 1 aliphatic rings. The minimum atomic E-state index is 0.807. The Bertz CT molecular complexity index is 781. The number of hydrogen-bond acceptors (Lipinski definition) is 2. The number of hydrogen-bond donors (Lipinski definition) is 1. The lowest BCUT2D eigenvalue weighted by atomic mass is 10.1. The maximum Gasteiger partial charge on any atom is 0.0410 e. The Morgan fingerprint density at radius 3 is 2.06 bits per heavy atom. The smallest absolute Gasteiger partial charge is 0.0410 e. The molecule has 1 aromatic carbocycles. The van der Waals surface area contributed by atoms with Gasteiger partial charge in [-0.3, -0.25) is 4.98 Å². The topological polar surface area (TPSA) is 36.7 Å². The molecule has 1 aliphatic carbocycles. The van der Waals surface area contributed by atoms with E-state index < -0.39 is 0 Å². The number of nitrogens with one attached hydrogen (secondary N) is 1. The van der Waals surface area contributed by atoms with Crippen LogP contribution < -0.4 is 0 Å². The minimum absolute atomic E-state index is 0.807. The molecule has 1 heterocycles. The molecule has 0 unspecified atom stereocenters. The van der Waals surface area contributed by atoms with Gasteiger partial charge in [-0.15, -0.1) is 0 Å². The molecule has 2 nitrogen and oxygen atoms in total. The van der Waals surface area contributed by atoms with Gasteiger partial charge < -0.3 is 5.41 Å².